The lowest BCUT2D eigenvalue weighted by Crippen LogP contribution is -2.32. The summed E-state index contributed by atoms with van der Waals surface area (Å²) in [6.45, 7) is 6.57. The van der Waals surface area contributed by atoms with Gasteiger partial charge >= 0.3 is 0 Å². The first-order valence-electron chi connectivity index (χ1n) is 9.22. The van der Waals surface area contributed by atoms with Crippen LogP contribution in [0.5, 0.6) is 5.75 Å². The third-order valence-corrected chi connectivity index (χ3v) is 5.02. The number of hydrogen-bond acceptors (Lipinski definition) is 7. The lowest BCUT2D eigenvalue weighted by Gasteiger charge is -2.30. The van der Waals surface area contributed by atoms with Crippen LogP contribution in [0.3, 0.4) is 0 Å². The first-order valence-corrected chi connectivity index (χ1v) is 9.22. The van der Waals surface area contributed by atoms with Gasteiger partial charge in [0.05, 0.1) is 11.9 Å². The monoisotopic (exact) mass is 365 g/mol. The Morgan fingerprint density at radius 1 is 1.15 bits per heavy atom. The Bertz CT molecular complexity index is 914. The molecule has 0 saturated carbocycles. The third kappa shape index (κ3) is 3.98. The summed E-state index contributed by atoms with van der Waals surface area (Å²) in [4.78, 5) is 15.4. The molecule has 0 atom stereocenters. The summed E-state index contributed by atoms with van der Waals surface area (Å²) >= 11 is 0. The van der Waals surface area contributed by atoms with Gasteiger partial charge in [-0.25, -0.2) is 4.98 Å². The van der Waals surface area contributed by atoms with Gasteiger partial charge in [0.2, 0.25) is 0 Å². The van der Waals surface area contributed by atoms with Crippen molar-refractivity contribution in [2.24, 2.45) is 0 Å². The average Bonchev–Trinajstić information content (AvgIpc) is 3.16. The van der Waals surface area contributed by atoms with E-state index in [4.69, 9.17) is 4.52 Å². The Labute approximate surface area is 158 Å². The van der Waals surface area contributed by atoms with E-state index < -0.39 is 0 Å². The highest BCUT2D eigenvalue weighted by Crippen LogP contribution is 2.29. The van der Waals surface area contributed by atoms with E-state index in [-0.39, 0.29) is 5.92 Å². The number of piperidine rings is 1. The minimum Gasteiger partial charge on any atom is -0.508 e. The maximum absolute atomic E-state index is 10.1. The Hall–Kier alpha value is -2.80. The molecule has 0 unspecified atom stereocenters. The zero-order valence-electron chi connectivity index (χ0n) is 15.6. The molecular weight excluding hydrogens is 342 g/mol. The topological polar surface area (TPSA) is 88.2 Å². The number of hydrogen-bond donors (Lipinski definition) is 1. The van der Waals surface area contributed by atoms with Crippen molar-refractivity contribution in [1.29, 1.82) is 0 Å². The molecular formula is C20H23N5O2. The van der Waals surface area contributed by atoms with Crippen LogP contribution in [-0.2, 0) is 6.54 Å². The number of phenolic OH excluding ortho intramolecular Hbond substituents is 1. The van der Waals surface area contributed by atoms with E-state index in [1.165, 1.54) is 0 Å². The predicted molar refractivity (Wildman–Crippen MR) is 100 cm³/mol. The van der Waals surface area contributed by atoms with Crippen LogP contribution in [0.15, 0.2) is 35.1 Å². The molecule has 27 heavy (non-hydrogen) atoms. The zero-order valence-corrected chi connectivity index (χ0v) is 15.6. The number of aryl methyl sites for hydroxylation is 2. The molecule has 0 radical (unpaired) electrons. The van der Waals surface area contributed by atoms with E-state index in [2.05, 4.69) is 31.1 Å². The Morgan fingerprint density at radius 2 is 1.96 bits per heavy atom. The van der Waals surface area contributed by atoms with Crippen molar-refractivity contribution in [1.82, 2.24) is 25.0 Å². The molecule has 0 bridgehead atoms. The Kier molecular flexibility index (Phi) is 4.85. The number of aromatic nitrogens is 4. The second-order valence-corrected chi connectivity index (χ2v) is 7.18. The Morgan fingerprint density at radius 3 is 2.70 bits per heavy atom. The van der Waals surface area contributed by atoms with Crippen LogP contribution in [0.2, 0.25) is 0 Å². The second-order valence-electron chi connectivity index (χ2n) is 7.18. The van der Waals surface area contributed by atoms with Gasteiger partial charge in [0.1, 0.15) is 11.4 Å². The van der Waals surface area contributed by atoms with Crippen molar-refractivity contribution in [2.75, 3.05) is 13.1 Å². The van der Waals surface area contributed by atoms with Crippen LogP contribution in [0.4, 0.5) is 0 Å². The van der Waals surface area contributed by atoms with Gasteiger partial charge in [-0.3, -0.25) is 9.88 Å². The molecule has 1 saturated heterocycles. The van der Waals surface area contributed by atoms with Crippen LogP contribution in [0.1, 0.15) is 41.4 Å². The van der Waals surface area contributed by atoms with Gasteiger partial charge in [0, 0.05) is 24.2 Å². The van der Waals surface area contributed by atoms with E-state index in [9.17, 15) is 5.11 Å². The van der Waals surface area contributed by atoms with Crippen LogP contribution in [0, 0.1) is 13.8 Å². The van der Waals surface area contributed by atoms with E-state index >= 15 is 0 Å². The summed E-state index contributed by atoms with van der Waals surface area (Å²) in [6.07, 6.45) is 5.28. The summed E-state index contributed by atoms with van der Waals surface area (Å²) in [5.74, 6) is 1.81. The highest BCUT2D eigenvalue weighted by molar-refractivity contribution is 5.44. The molecule has 3 aromatic rings. The van der Waals surface area contributed by atoms with Gasteiger partial charge < -0.3 is 9.63 Å². The fourth-order valence-corrected chi connectivity index (χ4v) is 3.44. The minimum absolute atomic E-state index is 0.281. The molecule has 0 spiro atoms. The van der Waals surface area contributed by atoms with Crippen LogP contribution in [-0.4, -0.2) is 43.2 Å². The largest absolute Gasteiger partial charge is 0.508 e. The normalized spacial score (nSPS) is 15.9. The van der Waals surface area contributed by atoms with Gasteiger partial charge in [0.15, 0.2) is 5.82 Å². The maximum Gasteiger partial charge on any atom is 0.278 e. The Balaban J connectivity index is 1.38. The van der Waals surface area contributed by atoms with E-state index in [0.717, 1.165) is 55.1 Å². The number of nitrogens with zero attached hydrogens (tertiary/aromatic N) is 5. The van der Waals surface area contributed by atoms with Crippen LogP contribution < -0.4 is 0 Å². The molecule has 1 aliphatic rings. The van der Waals surface area contributed by atoms with Crippen molar-refractivity contribution >= 4 is 0 Å². The highest BCUT2D eigenvalue weighted by atomic mass is 16.5. The smallest absolute Gasteiger partial charge is 0.278 e. The number of aromatic hydroxyl groups is 1. The number of likely N-dealkylation sites (tertiary alicyclic amines) is 1. The molecule has 0 amide bonds. The van der Waals surface area contributed by atoms with Gasteiger partial charge in [-0.2, -0.15) is 4.98 Å². The molecule has 2 aromatic heterocycles. The van der Waals surface area contributed by atoms with Crippen molar-refractivity contribution in [3.63, 3.8) is 0 Å². The molecule has 1 aromatic carbocycles. The van der Waals surface area contributed by atoms with Crippen molar-refractivity contribution in [3.8, 4) is 17.3 Å². The van der Waals surface area contributed by atoms with Gasteiger partial charge in [-0.05, 0) is 45.8 Å². The molecule has 4 rings (SSSR count). The van der Waals surface area contributed by atoms with Gasteiger partial charge in [0.25, 0.3) is 5.89 Å². The average molecular weight is 365 g/mol. The first kappa shape index (κ1) is 17.6. The van der Waals surface area contributed by atoms with Crippen molar-refractivity contribution < 1.29 is 9.63 Å². The van der Waals surface area contributed by atoms with E-state index in [1.54, 1.807) is 18.5 Å². The fourth-order valence-electron chi connectivity index (χ4n) is 3.44. The SMILES string of the molecule is Cc1ccc(O)c(CN2CCC(c3noc(-c4cnc(C)cn4)n3)CC2)c1. The lowest BCUT2D eigenvalue weighted by atomic mass is 9.95. The molecule has 1 N–H and O–H groups in total. The second kappa shape index (κ2) is 7.44. The van der Waals surface area contributed by atoms with E-state index in [1.807, 2.05) is 19.9 Å². The molecule has 1 fully saturated rings. The van der Waals surface area contributed by atoms with Crippen LogP contribution >= 0.6 is 0 Å². The summed E-state index contributed by atoms with van der Waals surface area (Å²) in [6, 6.07) is 5.75. The van der Waals surface area contributed by atoms with Crippen molar-refractivity contribution in [3.05, 3.63) is 53.2 Å². The summed E-state index contributed by atoms with van der Waals surface area (Å²) in [5, 5.41) is 14.2. The quantitative estimate of drug-likeness (QED) is 0.759. The summed E-state index contributed by atoms with van der Waals surface area (Å²) < 4.78 is 5.38. The molecule has 7 nitrogen and oxygen atoms in total. The maximum atomic E-state index is 10.1. The minimum atomic E-state index is 0.281. The summed E-state index contributed by atoms with van der Waals surface area (Å²) in [7, 11) is 0. The molecule has 7 heteroatoms. The van der Waals surface area contributed by atoms with E-state index in [0.29, 0.717) is 17.3 Å². The molecule has 1 aliphatic heterocycles. The van der Waals surface area contributed by atoms with Gasteiger partial charge in [-0.15, -0.1) is 0 Å². The fraction of sp³-hybridized carbons (Fsp3) is 0.400. The number of rotatable bonds is 4. The zero-order chi connectivity index (χ0) is 18.8. The van der Waals surface area contributed by atoms with Gasteiger partial charge in [-0.1, -0.05) is 22.9 Å². The lowest BCUT2D eigenvalue weighted by molar-refractivity contribution is 0.198. The molecule has 0 aliphatic carbocycles. The number of phenols is 1. The number of benzene rings is 1. The highest BCUT2D eigenvalue weighted by Gasteiger charge is 2.25. The predicted octanol–water partition coefficient (Wildman–Crippen LogP) is 3.23. The molecule has 3 heterocycles. The van der Waals surface area contributed by atoms with Crippen LogP contribution in [0.25, 0.3) is 11.6 Å². The first-order chi connectivity index (χ1) is 13.1. The third-order valence-electron chi connectivity index (χ3n) is 5.02. The standard InChI is InChI=1S/C20H23N5O2/c1-13-3-4-18(26)16(9-13)12-25-7-5-15(6-8-25)19-23-20(27-24-19)17-11-21-14(2)10-22-17/h3-4,9-11,15,26H,5-8,12H2,1-2H3. The summed E-state index contributed by atoms with van der Waals surface area (Å²) in [5.41, 5.74) is 3.60. The molecule has 140 valence electrons. The van der Waals surface area contributed by atoms with Crippen molar-refractivity contribution in [2.45, 2.75) is 39.2 Å².